The van der Waals surface area contributed by atoms with Crippen LogP contribution in [0.3, 0.4) is 0 Å². The Kier molecular flexibility index (Phi) is 5.87. The molecule has 1 heterocycles. The molecule has 18 heavy (non-hydrogen) atoms. The molecule has 0 aliphatic carbocycles. The molecule has 0 saturated heterocycles. The Morgan fingerprint density at radius 2 is 2.28 bits per heavy atom. The van der Waals surface area contributed by atoms with Gasteiger partial charge >= 0.3 is 0 Å². The molecular formula is C14H24N4. The third kappa shape index (κ3) is 4.50. The second-order valence-electron chi connectivity index (χ2n) is 5.02. The molecule has 1 aromatic rings. The first-order valence-corrected chi connectivity index (χ1v) is 6.76. The molecule has 0 spiro atoms. The minimum absolute atomic E-state index is 0.380. The van der Waals surface area contributed by atoms with E-state index in [1.165, 1.54) is 5.69 Å². The van der Waals surface area contributed by atoms with Crippen LogP contribution in [0.1, 0.15) is 45.2 Å². The number of nitriles is 1. The highest BCUT2D eigenvalue weighted by atomic mass is 15.3. The van der Waals surface area contributed by atoms with E-state index < -0.39 is 0 Å². The Hall–Kier alpha value is -1.34. The van der Waals surface area contributed by atoms with Gasteiger partial charge in [-0.1, -0.05) is 6.92 Å². The van der Waals surface area contributed by atoms with Crippen LogP contribution in [-0.2, 0) is 6.54 Å². The van der Waals surface area contributed by atoms with Gasteiger partial charge in [-0.15, -0.1) is 0 Å². The summed E-state index contributed by atoms with van der Waals surface area (Å²) in [5.74, 6) is 0. The summed E-state index contributed by atoms with van der Waals surface area (Å²) in [6.07, 6.45) is 5.89. The van der Waals surface area contributed by atoms with Crippen molar-refractivity contribution in [1.82, 2.24) is 15.1 Å². The highest BCUT2D eigenvalue weighted by Gasteiger charge is 2.21. The quantitative estimate of drug-likeness (QED) is 0.720. The standard InChI is InChI=1S/C14H24N4/c1-4-9-16-14(3,12-15)8-5-6-11-18-13(2)7-10-17-18/h7,10,16H,4-6,8-9,11H2,1-3H3. The Bertz CT molecular complexity index is 391. The van der Waals surface area contributed by atoms with E-state index in [1.54, 1.807) is 0 Å². The van der Waals surface area contributed by atoms with Crippen molar-refractivity contribution in [3.05, 3.63) is 18.0 Å². The number of unbranched alkanes of at least 4 members (excludes halogenated alkanes) is 1. The molecule has 1 unspecified atom stereocenters. The van der Waals surface area contributed by atoms with Crippen LogP contribution in [0.5, 0.6) is 0 Å². The van der Waals surface area contributed by atoms with E-state index in [2.05, 4.69) is 30.3 Å². The smallest absolute Gasteiger partial charge is 0.103 e. The van der Waals surface area contributed by atoms with Gasteiger partial charge in [0.15, 0.2) is 0 Å². The Balaban J connectivity index is 2.28. The van der Waals surface area contributed by atoms with Crippen molar-refractivity contribution >= 4 is 0 Å². The maximum absolute atomic E-state index is 9.21. The zero-order valence-electron chi connectivity index (χ0n) is 11.7. The van der Waals surface area contributed by atoms with Crippen LogP contribution in [0.2, 0.25) is 0 Å². The predicted octanol–water partition coefficient (Wildman–Crippen LogP) is 2.64. The number of aryl methyl sites for hydroxylation is 2. The number of hydrogen-bond donors (Lipinski definition) is 1. The Morgan fingerprint density at radius 3 is 2.83 bits per heavy atom. The van der Waals surface area contributed by atoms with Gasteiger partial charge in [0.1, 0.15) is 5.54 Å². The third-order valence-corrected chi connectivity index (χ3v) is 3.24. The van der Waals surface area contributed by atoms with Crippen LogP contribution >= 0.6 is 0 Å². The molecule has 0 aromatic carbocycles. The van der Waals surface area contributed by atoms with Crippen LogP contribution in [0.25, 0.3) is 0 Å². The average Bonchev–Trinajstić information content (AvgIpc) is 2.78. The SMILES string of the molecule is CCCNC(C)(C#N)CCCCn1nccc1C. The van der Waals surface area contributed by atoms with Gasteiger partial charge in [0.2, 0.25) is 0 Å². The van der Waals surface area contributed by atoms with Crippen molar-refractivity contribution in [3.8, 4) is 6.07 Å². The summed E-state index contributed by atoms with van der Waals surface area (Å²) in [5, 5.41) is 16.8. The van der Waals surface area contributed by atoms with Crippen molar-refractivity contribution in [2.75, 3.05) is 6.54 Å². The zero-order valence-corrected chi connectivity index (χ0v) is 11.7. The van der Waals surface area contributed by atoms with E-state index in [4.69, 9.17) is 0 Å². The van der Waals surface area contributed by atoms with Crippen LogP contribution < -0.4 is 5.32 Å². The predicted molar refractivity (Wildman–Crippen MR) is 73.1 cm³/mol. The maximum Gasteiger partial charge on any atom is 0.103 e. The monoisotopic (exact) mass is 248 g/mol. The molecule has 0 amide bonds. The van der Waals surface area contributed by atoms with E-state index in [1.807, 2.05) is 23.9 Å². The summed E-state index contributed by atoms with van der Waals surface area (Å²) >= 11 is 0. The van der Waals surface area contributed by atoms with E-state index in [-0.39, 0.29) is 5.54 Å². The molecule has 0 radical (unpaired) electrons. The first kappa shape index (κ1) is 14.7. The summed E-state index contributed by atoms with van der Waals surface area (Å²) in [6, 6.07) is 4.40. The average molecular weight is 248 g/mol. The number of nitrogens with one attached hydrogen (secondary N) is 1. The van der Waals surface area contributed by atoms with E-state index in [9.17, 15) is 5.26 Å². The molecule has 1 rings (SSSR count). The van der Waals surface area contributed by atoms with Crippen LogP contribution in [0, 0.1) is 18.3 Å². The third-order valence-electron chi connectivity index (χ3n) is 3.24. The fourth-order valence-corrected chi connectivity index (χ4v) is 1.96. The Labute approximate surface area is 110 Å². The second-order valence-corrected chi connectivity index (χ2v) is 5.02. The topological polar surface area (TPSA) is 53.6 Å². The van der Waals surface area contributed by atoms with Crippen LogP contribution in [0.15, 0.2) is 12.3 Å². The first-order chi connectivity index (χ1) is 8.61. The van der Waals surface area contributed by atoms with Crippen molar-refractivity contribution in [2.45, 2.75) is 58.5 Å². The van der Waals surface area contributed by atoms with E-state index in [0.717, 1.165) is 38.8 Å². The van der Waals surface area contributed by atoms with Gasteiger partial charge in [0.05, 0.1) is 6.07 Å². The molecular weight excluding hydrogens is 224 g/mol. The van der Waals surface area contributed by atoms with Crippen molar-refractivity contribution in [3.63, 3.8) is 0 Å². The minimum Gasteiger partial charge on any atom is -0.300 e. The number of rotatable bonds is 8. The molecule has 1 N–H and O–H groups in total. The van der Waals surface area contributed by atoms with E-state index >= 15 is 0 Å². The summed E-state index contributed by atoms with van der Waals surface area (Å²) in [5.41, 5.74) is 0.817. The van der Waals surface area contributed by atoms with Crippen LogP contribution in [0.4, 0.5) is 0 Å². The van der Waals surface area contributed by atoms with Crippen LogP contribution in [-0.4, -0.2) is 21.9 Å². The molecule has 0 aliphatic rings. The van der Waals surface area contributed by atoms with Gasteiger partial charge in [-0.3, -0.25) is 10.00 Å². The molecule has 0 bridgehead atoms. The highest BCUT2D eigenvalue weighted by Crippen LogP contribution is 2.13. The summed E-state index contributed by atoms with van der Waals surface area (Å²) < 4.78 is 2.02. The number of nitrogens with zero attached hydrogens (tertiary/aromatic N) is 3. The second kappa shape index (κ2) is 7.17. The lowest BCUT2D eigenvalue weighted by Crippen LogP contribution is -2.41. The first-order valence-electron chi connectivity index (χ1n) is 6.76. The molecule has 0 saturated carbocycles. The summed E-state index contributed by atoms with van der Waals surface area (Å²) in [6.45, 7) is 8.01. The fraction of sp³-hybridized carbons (Fsp3) is 0.714. The van der Waals surface area contributed by atoms with Crippen molar-refractivity contribution in [1.29, 1.82) is 5.26 Å². The van der Waals surface area contributed by atoms with Crippen molar-refractivity contribution in [2.24, 2.45) is 0 Å². The largest absolute Gasteiger partial charge is 0.300 e. The van der Waals surface area contributed by atoms with Gasteiger partial charge in [-0.25, -0.2) is 0 Å². The lowest BCUT2D eigenvalue weighted by atomic mass is 9.96. The molecule has 100 valence electrons. The van der Waals surface area contributed by atoms with Gasteiger partial charge in [-0.05, 0) is 52.1 Å². The number of aromatic nitrogens is 2. The van der Waals surface area contributed by atoms with Gasteiger partial charge in [-0.2, -0.15) is 10.4 Å². The van der Waals surface area contributed by atoms with Gasteiger partial charge in [0, 0.05) is 18.4 Å². The lowest BCUT2D eigenvalue weighted by molar-refractivity contribution is 0.392. The molecule has 1 atom stereocenters. The lowest BCUT2D eigenvalue weighted by Gasteiger charge is -2.23. The summed E-state index contributed by atoms with van der Waals surface area (Å²) in [4.78, 5) is 0. The molecule has 1 aromatic heterocycles. The summed E-state index contributed by atoms with van der Waals surface area (Å²) in [7, 11) is 0. The molecule has 4 nitrogen and oxygen atoms in total. The normalized spacial score (nSPS) is 14.1. The van der Waals surface area contributed by atoms with Gasteiger partial charge in [0.25, 0.3) is 0 Å². The molecule has 4 heteroatoms. The minimum atomic E-state index is -0.380. The highest BCUT2D eigenvalue weighted by molar-refractivity contribution is 5.03. The number of hydrogen-bond acceptors (Lipinski definition) is 3. The van der Waals surface area contributed by atoms with Gasteiger partial charge < -0.3 is 0 Å². The van der Waals surface area contributed by atoms with Crippen molar-refractivity contribution < 1.29 is 0 Å². The van der Waals surface area contributed by atoms with E-state index in [0.29, 0.717) is 0 Å². The Morgan fingerprint density at radius 1 is 1.50 bits per heavy atom. The molecule has 0 aliphatic heterocycles. The zero-order chi connectivity index (χ0) is 13.4. The fourth-order valence-electron chi connectivity index (χ4n) is 1.96. The maximum atomic E-state index is 9.21. The molecule has 0 fully saturated rings.